The number of carbonyl (C=O) groups is 1. The Morgan fingerprint density at radius 1 is 1.05 bits per heavy atom. The molecule has 0 saturated heterocycles. The molecule has 0 aromatic heterocycles. The van der Waals surface area contributed by atoms with E-state index in [2.05, 4.69) is 5.32 Å². The van der Waals surface area contributed by atoms with Crippen LogP contribution in [-0.4, -0.2) is 14.4 Å². The van der Waals surface area contributed by atoms with Gasteiger partial charge in [-0.1, -0.05) is 24.3 Å². The highest BCUT2D eigenvalue weighted by atomic mass is 32.2. The van der Waals surface area contributed by atoms with Crippen molar-refractivity contribution in [3.63, 3.8) is 0 Å². The predicted molar refractivity (Wildman–Crippen MR) is 73.9 cm³/mol. The number of nitrogens with two attached hydrogens (primary N) is 1. The second-order valence-corrected chi connectivity index (χ2v) is 5.41. The van der Waals surface area contributed by atoms with Crippen LogP contribution < -0.4 is 15.2 Å². The SMILES string of the molecule is NC(=O)Nc1cccc(OS(=O)(=O)c2ccccc2)c1. The molecule has 0 aliphatic rings. The van der Waals surface area contributed by atoms with Gasteiger partial charge in [-0.25, -0.2) is 4.79 Å². The van der Waals surface area contributed by atoms with Gasteiger partial charge in [0.25, 0.3) is 0 Å². The molecule has 2 aromatic carbocycles. The van der Waals surface area contributed by atoms with Crippen LogP contribution in [0.2, 0.25) is 0 Å². The van der Waals surface area contributed by atoms with Crippen LogP contribution in [0.25, 0.3) is 0 Å². The molecule has 3 N–H and O–H groups in total. The van der Waals surface area contributed by atoms with Crippen molar-refractivity contribution in [3.8, 4) is 5.75 Å². The second kappa shape index (κ2) is 5.62. The standard InChI is InChI=1S/C13H12N2O4S/c14-13(16)15-10-5-4-6-11(9-10)19-20(17,18)12-7-2-1-3-8-12/h1-9H,(H3,14,15,16). The molecule has 0 spiro atoms. The molecular weight excluding hydrogens is 280 g/mol. The third-order valence-corrected chi connectivity index (χ3v) is 3.60. The summed E-state index contributed by atoms with van der Waals surface area (Å²) in [7, 11) is -3.90. The lowest BCUT2D eigenvalue weighted by Crippen LogP contribution is -2.19. The highest BCUT2D eigenvalue weighted by Crippen LogP contribution is 2.21. The summed E-state index contributed by atoms with van der Waals surface area (Å²) in [4.78, 5) is 10.8. The molecule has 104 valence electrons. The number of rotatable bonds is 4. The number of hydrogen-bond acceptors (Lipinski definition) is 4. The molecule has 2 rings (SSSR count). The first kappa shape index (κ1) is 13.9. The van der Waals surface area contributed by atoms with E-state index < -0.39 is 16.1 Å². The number of amides is 2. The van der Waals surface area contributed by atoms with E-state index in [1.807, 2.05) is 0 Å². The number of hydrogen-bond donors (Lipinski definition) is 2. The summed E-state index contributed by atoms with van der Waals surface area (Å²) in [6.45, 7) is 0. The van der Waals surface area contributed by atoms with Gasteiger partial charge in [-0.05, 0) is 24.3 Å². The number of anilines is 1. The third-order valence-electron chi connectivity index (χ3n) is 2.34. The number of carbonyl (C=O) groups excluding carboxylic acids is 1. The van der Waals surface area contributed by atoms with Crippen molar-refractivity contribution in [1.29, 1.82) is 0 Å². The molecule has 0 heterocycles. The van der Waals surface area contributed by atoms with Crippen molar-refractivity contribution in [3.05, 3.63) is 54.6 Å². The summed E-state index contributed by atoms with van der Waals surface area (Å²) in [5.74, 6) is 0.0834. The topological polar surface area (TPSA) is 98.5 Å². The van der Waals surface area contributed by atoms with Crippen LogP contribution in [0.5, 0.6) is 5.75 Å². The number of primary amides is 1. The summed E-state index contributed by atoms with van der Waals surface area (Å²) >= 11 is 0. The van der Waals surface area contributed by atoms with Gasteiger partial charge in [-0.15, -0.1) is 0 Å². The summed E-state index contributed by atoms with van der Waals surface area (Å²) < 4.78 is 29.0. The van der Waals surface area contributed by atoms with Crippen molar-refractivity contribution in [2.75, 3.05) is 5.32 Å². The molecule has 0 unspecified atom stereocenters. The number of urea groups is 1. The smallest absolute Gasteiger partial charge is 0.339 e. The van der Waals surface area contributed by atoms with E-state index in [1.54, 1.807) is 30.3 Å². The zero-order chi connectivity index (χ0) is 14.6. The van der Waals surface area contributed by atoms with Gasteiger partial charge in [0.2, 0.25) is 0 Å². The van der Waals surface area contributed by atoms with E-state index in [4.69, 9.17) is 9.92 Å². The minimum Gasteiger partial charge on any atom is -0.379 e. The number of nitrogens with one attached hydrogen (secondary N) is 1. The fraction of sp³-hybridized carbons (Fsp3) is 0. The van der Waals surface area contributed by atoms with Gasteiger partial charge in [0.05, 0.1) is 0 Å². The molecule has 0 atom stereocenters. The average molecular weight is 292 g/mol. The maximum atomic E-state index is 12.0. The van der Waals surface area contributed by atoms with E-state index >= 15 is 0 Å². The van der Waals surface area contributed by atoms with Gasteiger partial charge >= 0.3 is 16.1 Å². The zero-order valence-electron chi connectivity index (χ0n) is 10.3. The van der Waals surface area contributed by atoms with Crippen LogP contribution in [0.15, 0.2) is 59.5 Å². The van der Waals surface area contributed by atoms with E-state index in [0.29, 0.717) is 5.69 Å². The van der Waals surface area contributed by atoms with E-state index in [0.717, 1.165) is 0 Å². The van der Waals surface area contributed by atoms with Crippen LogP contribution in [0.1, 0.15) is 0 Å². The molecule has 20 heavy (non-hydrogen) atoms. The molecule has 0 fully saturated rings. The van der Waals surface area contributed by atoms with Crippen LogP contribution in [-0.2, 0) is 10.1 Å². The molecule has 0 radical (unpaired) electrons. The monoisotopic (exact) mass is 292 g/mol. The highest BCUT2D eigenvalue weighted by Gasteiger charge is 2.16. The van der Waals surface area contributed by atoms with Gasteiger partial charge in [-0.3, -0.25) is 0 Å². The number of benzene rings is 2. The van der Waals surface area contributed by atoms with Crippen LogP contribution >= 0.6 is 0 Å². The summed E-state index contributed by atoms with van der Waals surface area (Å²) in [5.41, 5.74) is 5.33. The molecule has 0 aliphatic carbocycles. The Hall–Kier alpha value is -2.54. The normalized spacial score (nSPS) is 10.8. The van der Waals surface area contributed by atoms with E-state index in [-0.39, 0.29) is 10.6 Å². The third kappa shape index (κ3) is 3.48. The second-order valence-electron chi connectivity index (χ2n) is 3.87. The Morgan fingerprint density at radius 3 is 2.40 bits per heavy atom. The molecule has 2 aromatic rings. The first-order valence-corrected chi connectivity index (χ1v) is 7.04. The minimum absolute atomic E-state index is 0.0493. The maximum Gasteiger partial charge on any atom is 0.339 e. The molecule has 0 aliphatic heterocycles. The van der Waals surface area contributed by atoms with Crippen molar-refractivity contribution in [1.82, 2.24) is 0 Å². The lowest BCUT2D eigenvalue weighted by atomic mass is 10.3. The molecule has 0 bridgehead atoms. The van der Waals surface area contributed by atoms with Gasteiger partial charge in [-0.2, -0.15) is 8.42 Å². The Labute approximate surface area is 116 Å². The first-order chi connectivity index (χ1) is 9.47. The molecule has 2 amide bonds. The minimum atomic E-state index is -3.90. The van der Waals surface area contributed by atoms with Crippen LogP contribution in [0, 0.1) is 0 Å². The largest absolute Gasteiger partial charge is 0.379 e. The molecule has 0 saturated carbocycles. The summed E-state index contributed by atoms with van der Waals surface area (Å²) in [5, 5.41) is 2.33. The first-order valence-electron chi connectivity index (χ1n) is 5.63. The van der Waals surface area contributed by atoms with Gasteiger partial charge in [0, 0.05) is 11.8 Å². The quantitative estimate of drug-likeness (QED) is 0.841. The van der Waals surface area contributed by atoms with Crippen molar-refractivity contribution in [2.45, 2.75) is 4.90 Å². The van der Waals surface area contributed by atoms with Crippen molar-refractivity contribution < 1.29 is 17.4 Å². The van der Waals surface area contributed by atoms with Gasteiger partial charge in [0.1, 0.15) is 10.6 Å². The van der Waals surface area contributed by atoms with Gasteiger partial charge < -0.3 is 15.2 Å². The van der Waals surface area contributed by atoms with Crippen molar-refractivity contribution in [2.24, 2.45) is 5.73 Å². The van der Waals surface area contributed by atoms with Crippen LogP contribution in [0.3, 0.4) is 0 Å². The predicted octanol–water partition coefficient (Wildman–Crippen LogP) is 1.94. The molecule has 6 nitrogen and oxygen atoms in total. The Kier molecular flexibility index (Phi) is 3.90. The van der Waals surface area contributed by atoms with Crippen molar-refractivity contribution >= 4 is 21.8 Å². The maximum absolute atomic E-state index is 12.0. The highest BCUT2D eigenvalue weighted by molar-refractivity contribution is 7.87. The van der Waals surface area contributed by atoms with E-state index in [1.165, 1.54) is 24.3 Å². The molecular formula is C13H12N2O4S. The Balaban J connectivity index is 2.24. The zero-order valence-corrected chi connectivity index (χ0v) is 11.1. The lowest BCUT2D eigenvalue weighted by molar-refractivity contribution is 0.259. The lowest BCUT2D eigenvalue weighted by Gasteiger charge is -2.08. The Morgan fingerprint density at radius 2 is 1.75 bits per heavy atom. The van der Waals surface area contributed by atoms with E-state index in [9.17, 15) is 13.2 Å². The van der Waals surface area contributed by atoms with Gasteiger partial charge in [0.15, 0.2) is 0 Å². The summed E-state index contributed by atoms with van der Waals surface area (Å²) in [6.07, 6.45) is 0. The average Bonchev–Trinajstić information content (AvgIpc) is 2.39. The van der Waals surface area contributed by atoms with Crippen LogP contribution in [0.4, 0.5) is 10.5 Å². The summed E-state index contributed by atoms with van der Waals surface area (Å²) in [6, 6.07) is 13.0. The Bertz CT molecular complexity index is 714. The fourth-order valence-corrected chi connectivity index (χ4v) is 2.47. The fourth-order valence-electron chi connectivity index (χ4n) is 1.53. The molecule has 7 heteroatoms.